The lowest BCUT2D eigenvalue weighted by atomic mass is 9.99. The van der Waals surface area contributed by atoms with Crippen molar-refractivity contribution >= 4 is 40.8 Å². The number of thiocarbonyl (C=S) groups is 1. The molecule has 1 aromatic carbocycles. The number of nitrogens with one attached hydrogen (secondary N) is 2. The lowest BCUT2D eigenvalue weighted by Crippen LogP contribution is -2.62. The van der Waals surface area contributed by atoms with E-state index < -0.39 is 34.8 Å². The van der Waals surface area contributed by atoms with Gasteiger partial charge in [0.2, 0.25) is 5.66 Å². The zero-order chi connectivity index (χ0) is 17.6. The second-order valence-electron chi connectivity index (χ2n) is 4.96. The highest BCUT2D eigenvalue weighted by atomic mass is 32.1. The van der Waals surface area contributed by atoms with Gasteiger partial charge in [0.05, 0.1) is 12.8 Å². The van der Waals surface area contributed by atoms with E-state index in [4.69, 9.17) is 12.2 Å². The molecule has 1 spiro atoms. The Labute approximate surface area is 140 Å². The number of carbonyl (C=O) groups is 3. The molecule has 2 amide bonds. The van der Waals surface area contributed by atoms with Crippen molar-refractivity contribution in [3.8, 4) is 5.75 Å². The van der Waals surface area contributed by atoms with Crippen molar-refractivity contribution < 1.29 is 29.3 Å². The van der Waals surface area contributed by atoms with E-state index in [1.807, 2.05) is 0 Å². The summed E-state index contributed by atoms with van der Waals surface area (Å²) < 4.78 is 4.58. The van der Waals surface area contributed by atoms with E-state index in [0.29, 0.717) is 0 Å². The fraction of sp³-hybridized carbons (Fsp3) is 0.143. The van der Waals surface area contributed by atoms with Crippen molar-refractivity contribution in [3.63, 3.8) is 0 Å². The van der Waals surface area contributed by atoms with Crippen LogP contribution in [0.2, 0.25) is 0 Å². The number of aliphatic hydroxyl groups excluding tert-OH is 1. The SMILES string of the molecule is COC(=O)C1=C(O)C(=O)N(c2ccccc2O)C12NC(=S)NC2=O. The minimum atomic E-state index is -2.15. The molecule has 10 heteroatoms. The topological polar surface area (TPSA) is 128 Å². The third-order valence-corrected chi connectivity index (χ3v) is 3.91. The van der Waals surface area contributed by atoms with Gasteiger partial charge in [0.1, 0.15) is 11.3 Å². The van der Waals surface area contributed by atoms with Gasteiger partial charge in [-0.3, -0.25) is 19.8 Å². The number of amides is 2. The Morgan fingerprint density at radius 1 is 1.29 bits per heavy atom. The monoisotopic (exact) mass is 349 g/mol. The Morgan fingerprint density at radius 2 is 1.96 bits per heavy atom. The molecule has 1 saturated heterocycles. The minimum absolute atomic E-state index is 0.0969. The molecule has 1 aromatic rings. The summed E-state index contributed by atoms with van der Waals surface area (Å²) in [7, 11) is 1.04. The van der Waals surface area contributed by atoms with Crippen LogP contribution >= 0.6 is 12.2 Å². The first kappa shape index (κ1) is 15.7. The number of rotatable bonds is 2. The number of aliphatic hydroxyl groups is 1. The number of hydrogen-bond donors (Lipinski definition) is 4. The van der Waals surface area contributed by atoms with Gasteiger partial charge in [-0.05, 0) is 24.4 Å². The van der Waals surface area contributed by atoms with Gasteiger partial charge in [-0.2, -0.15) is 0 Å². The summed E-state index contributed by atoms with van der Waals surface area (Å²) in [5.74, 6) is -4.34. The zero-order valence-corrected chi connectivity index (χ0v) is 13.0. The molecule has 1 unspecified atom stereocenters. The first-order valence-electron chi connectivity index (χ1n) is 6.62. The summed E-state index contributed by atoms with van der Waals surface area (Å²) in [6.45, 7) is 0. The van der Waals surface area contributed by atoms with E-state index >= 15 is 0 Å². The molecule has 0 aliphatic carbocycles. The molecule has 3 rings (SSSR count). The number of benzene rings is 1. The maximum atomic E-state index is 12.5. The summed E-state index contributed by atoms with van der Waals surface area (Å²) >= 11 is 4.89. The predicted molar refractivity (Wildman–Crippen MR) is 83.9 cm³/mol. The van der Waals surface area contributed by atoms with Gasteiger partial charge >= 0.3 is 5.97 Å². The number of para-hydroxylation sites is 2. The maximum absolute atomic E-state index is 12.5. The average Bonchev–Trinajstić information content (AvgIpc) is 2.94. The largest absolute Gasteiger partial charge is 0.506 e. The molecule has 124 valence electrons. The van der Waals surface area contributed by atoms with Gasteiger partial charge in [0.15, 0.2) is 10.9 Å². The molecule has 4 N–H and O–H groups in total. The Balaban J connectivity index is 2.29. The van der Waals surface area contributed by atoms with Crippen molar-refractivity contribution in [1.29, 1.82) is 0 Å². The lowest BCUT2D eigenvalue weighted by molar-refractivity contribution is -0.138. The molecule has 1 atom stereocenters. The van der Waals surface area contributed by atoms with E-state index in [1.54, 1.807) is 0 Å². The molecule has 24 heavy (non-hydrogen) atoms. The summed E-state index contributed by atoms with van der Waals surface area (Å²) in [4.78, 5) is 37.9. The van der Waals surface area contributed by atoms with Crippen LogP contribution in [-0.4, -0.2) is 45.9 Å². The van der Waals surface area contributed by atoms with Crippen molar-refractivity contribution in [2.45, 2.75) is 5.66 Å². The Hall–Kier alpha value is -3.14. The van der Waals surface area contributed by atoms with Crippen LogP contribution in [0.5, 0.6) is 5.75 Å². The number of hydrogen-bond acceptors (Lipinski definition) is 7. The van der Waals surface area contributed by atoms with Gasteiger partial charge in [-0.25, -0.2) is 4.79 Å². The maximum Gasteiger partial charge on any atom is 0.342 e. The second kappa shape index (κ2) is 5.20. The third kappa shape index (κ3) is 1.86. The number of phenolic OH excluding ortho intramolecular Hbond substituents is 1. The molecule has 2 heterocycles. The van der Waals surface area contributed by atoms with E-state index in [1.165, 1.54) is 24.3 Å². The van der Waals surface area contributed by atoms with Gasteiger partial charge in [-0.15, -0.1) is 0 Å². The van der Waals surface area contributed by atoms with Crippen LogP contribution in [0.3, 0.4) is 0 Å². The second-order valence-corrected chi connectivity index (χ2v) is 5.37. The predicted octanol–water partition coefficient (Wildman–Crippen LogP) is -0.576. The zero-order valence-electron chi connectivity index (χ0n) is 12.2. The van der Waals surface area contributed by atoms with Gasteiger partial charge in [0, 0.05) is 0 Å². The molecular weight excluding hydrogens is 338 g/mol. The normalized spacial score (nSPS) is 22.9. The number of phenols is 1. The molecule has 2 aliphatic rings. The Morgan fingerprint density at radius 3 is 2.50 bits per heavy atom. The number of carbonyl (C=O) groups excluding carboxylic acids is 3. The fourth-order valence-electron chi connectivity index (χ4n) is 2.72. The third-order valence-electron chi connectivity index (χ3n) is 3.70. The van der Waals surface area contributed by atoms with Crippen molar-refractivity contribution in [2.24, 2.45) is 0 Å². The number of aromatic hydroxyl groups is 1. The number of nitrogens with zero attached hydrogens (tertiary/aromatic N) is 1. The molecular formula is C14H11N3O6S. The van der Waals surface area contributed by atoms with E-state index in [9.17, 15) is 24.6 Å². The molecule has 0 saturated carbocycles. The lowest BCUT2D eigenvalue weighted by Gasteiger charge is -2.33. The molecule has 0 aromatic heterocycles. The van der Waals surface area contributed by atoms with Gasteiger partial charge < -0.3 is 20.3 Å². The molecule has 2 aliphatic heterocycles. The highest BCUT2D eigenvalue weighted by Crippen LogP contribution is 2.42. The van der Waals surface area contributed by atoms with Gasteiger partial charge in [0.25, 0.3) is 11.8 Å². The summed E-state index contributed by atoms with van der Waals surface area (Å²) in [5, 5.41) is 24.9. The van der Waals surface area contributed by atoms with Crippen molar-refractivity contribution in [3.05, 3.63) is 35.6 Å². The first-order chi connectivity index (χ1) is 11.3. The first-order valence-corrected chi connectivity index (χ1v) is 7.03. The van der Waals surface area contributed by atoms with Crippen LogP contribution in [0, 0.1) is 0 Å². The number of anilines is 1. The molecule has 1 fully saturated rings. The van der Waals surface area contributed by atoms with Crippen LogP contribution in [0.4, 0.5) is 5.69 Å². The summed E-state index contributed by atoms with van der Waals surface area (Å²) in [5.41, 5.74) is -2.86. The Kier molecular flexibility index (Phi) is 3.41. The van der Waals surface area contributed by atoms with Crippen LogP contribution < -0.4 is 15.5 Å². The van der Waals surface area contributed by atoms with Crippen LogP contribution in [-0.2, 0) is 19.1 Å². The number of ether oxygens (including phenoxy) is 1. The smallest absolute Gasteiger partial charge is 0.342 e. The highest BCUT2D eigenvalue weighted by molar-refractivity contribution is 7.80. The summed E-state index contributed by atoms with van der Waals surface area (Å²) in [6.07, 6.45) is 0. The minimum Gasteiger partial charge on any atom is -0.506 e. The molecule has 0 bridgehead atoms. The highest BCUT2D eigenvalue weighted by Gasteiger charge is 2.64. The molecule has 9 nitrogen and oxygen atoms in total. The quantitative estimate of drug-likeness (QED) is 0.413. The van der Waals surface area contributed by atoms with Crippen molar-refractivity contribution in [1.82, 2.24) is 10.6 Å². The van der Waals surface area contributed by atoms with Crippen LogP contribution in [0.1, 0.15) is 0 Å². The fourth-order valence-corrected chi connectivity index (χ4v) is 2.96. The Bertz CT molecular complexity index is 836. The summed E-state index contributed by atoms with van der Waals surface area (Å²) in [6, 6.07) is 5.65. The van der Waals surface area contributed by atoms with Crippen molar-refractivity contribution in [2.75, 3.05) is 12.0 Å². The van der Waals surface area contributed by atoms with Crippen LogP contribution in [0.25, 0.3) is 0 Å². The number of methoxy groups -OCH3 is 1. The standard InChI is InChI=1S/C14H11N3O6S/c1-23-11(21)8-9(19)10(20)17(6-4-2-3-5-7(6)18)14(8)12(22)15-13(24)16-14/h2-5,18-19H,1H3,(H2,15,16,22,24). The average molecular weight is 349 g/mol. The van der Waals surface area contributed by atoms with E-state index in [2.05, 4.69) is 15.4 Å². The van der Waals surface area contributed by atoms with E-state index in [-0.39, 0.29) is 16.5 Å². The van der Waals surface area contributed by atoms with Gasteiger partial charge in [-0.1, -0.05) is 12.1 Å². The molecule has 0 radical (unpaired) electrons. The van der Waals surface area contributed by atoms with Crippen LogP contribution in [0.15, 0.2) is 35.6 Å². The van der Waals surface area contributed by atoms with E-state index in [0.717, 1.165) is 12.0 Å². The number of esters is 1.